The Morgan fingerprint density at radius 2 is 1.10 bits per heavy atom. The topological polar surface area (TPSA) is 102 Å². The number of esters is 2. The highest BCUT2D eigenvalue weighted by Gasteiger charge is 2.25. The van der Waals surface area contributed by atoms with E-state index in [9.17, 15) is 19.5 Å². The van der Waals surface area contributed by atoms with E-state index >= 15 is 0 Å². The number of nitrogens with zero attached hydrogens (tertiary/aromatic N) is 1. The van der Waals surface area contributed by atoms with Crippen LogP contribution in [0.4, 0.5) is 0 Å². The number of allylic oxidation sites excluding steroid dienone is 6. The van der Waals surface area contributed by atoms with E-state index < -0.39 is 18.1 Å². The molecular weight excluding hydrogens is 630 g/mol. The van der Waals surface area contributed by atoms with Gasteiger partial charge in [-0.1, -0.05) is 127 Å². The molecule has 290 valence electrons. The van der Waals surface area contributed by atoms with Crippen molar-refractivity contribution in [2.45, 2.75) is 174 Å². The average molecular weight is 706 g/mol. The number of ether oxygens (including phenoxy) is 3. The summed E-state index contributed by atoms with van der Waals surface area (Å²) in [5.74, 6) is -1.81. The minimum absolute atomic E-state index is 0.0283. The molecular formula is C42H75NO7. The highest BCUT2D eigenvalue weighted by atomic mass is 16.6. The molecule has 2 unspecified atom stereocenters. The third-order valence-corrected chi connectivity index (χ3v) is 8.79. The Hall–Kier alpha value is -2.45. The number of hydrogen-bond acceptors (Lipinski definition) is 7. The molecule has 0 aromatic heterocycles. The number of quaternary nitrogens is 1. The second kappa shape index (κ2) is 33.7. The largest absolute Gasteiger partial charge is 0.544 e. The van der Waals surface area contributed by atoms with Crippen molar-refractivity contribution in [2.75, 3.05) is 41.0 Å². The van der Waals surface area contributed by atoms with Crippen LogP contribution >= 0.6 is 0 Å². The predicted molar refractivity (Wildman–Crippen MR) is 203 cm³/mol. The molecule has 0 spiro atoms. The molecule has 0 fully saturated rings. The van der Waals surface area contributed by atoms with E-state index in [-0.39, 0.29) is 49.1 Å². The molecule has 0 aromatic rings. The molecule has 8 heteroatoms. The second-order valence-corrected chi connectivity index (χ2v) is 14.5. The Balaban J connectivity index is 4.29. The van der Waals surface area contributed by atoms with Crippen LogP contribution in [-0.2, 0) is 28.6 Å². The van der Waals surface area contributed by atoms with E-state index in [0.717, 1.165) is 32.1 Å². The fourth-order valence-corrected chi connectivity index (χ4v) is 5.61. The van der Waals surface area contributed by atoms with Crippen molar-refractivity contribution in [3.8, 4) is 0 Å². The van der Waals surface area contributed by atoms with Crippen LogP contribution in [0.1, 0.15) is 162 Å². The van der Waals surface area contributed by atoms with Gasteiger partial charge in [-0.25, -0.2) is 0 Å². The molecule has 8 nitrogen and oxygen atoms in total. The SMILES string of the molecule is CCCCC/C=C/C=C/CCCCCCCCCCCCC(=O)OC(COCCC(C(=O)[O-])[N+](C)(C)C)COC(=O)CC/C=C/CCCCC. The van der Waals surface area contributed by atoms with E-state index in [4.69, 9.17) is 14.2 Å². The Labute approximate surface area is 306 Å². The van der Waals surface area contributed by atoms with Crippen molar-refractivity contribution in [1.82, 2.24) is 0 Å². The first-order valence-corrected chi connectivity index (χ1v) is 20.0. The van der Waals surface area contributed by atoms with Crippen molar-refractivity contribution in [2.24, 2.45) is 0 Å². The first-order valence-electron chi connectivity index (χ1n) is 20.0. The maximum atomic E-state index is 12.6. The smallest absolute Gasteiger partial charge is 0.306 e. The van der Waals surface area contributed by atoms with Gasteiger partial charge < -0.3 is 28.6 Å². The zero-order valence-corrected chi connectivity index (χ0v) is 32.8. The minimum Gasteiger partial charge on any atom is -0.544 e. The van der Waals surface area contributed by atoms with Crippen LogP contribution in [0.25, 0.3) is 0 Å². The van der Waals surface area contributed by atoms with Gasteiger partial charge in [0.25, 0.3) is 0 Å². The minimum atomic E-state index is -1.13. The van der Waals surface area contributed by atoms with Crippen molar-refractivity contribution < 1.29 is 38.2 Å². The molecule has 0 heterocycles. The van der Waals surface area contributed by atoms with Gasteiger partial charge in [-0.15, -0.1) is 0 Å². The Morgan fingerprint density at radius 1 is 0.600 bits per heavy atom. The molecule has 0 saturated heterocycles. The van der Waals surface area contributed by atoms with E-state index in [2.05, 4.69) is 44.2 Å². The number of carbonyl (C=O) groups excluding carboxylic acids is 3. The van der Waals surface area contributed by atoms with Crippen LogP contribution in [0.15, 0.2) is 36.5 Å². The molecule has 0 aliphatic heterocycles. The fraction of sp³-hybridized carbons (Fsp3) is 0.786. The Morgan fingerprint density at radius 3 is 1.64 bits per heavy atom. The number of unbranched alkanes of at least 4 members (excludes halogenated alkanes) is 16. The number of hydrogen-bond donors (Lipinski definition) is 0. The summed E-state index contributed by atoms with van der Waals surface area (Å²) in [6.45, 7) is 4.51. The van der Waals surface area contributed by atoms with E-state index in [0.29, 0.717) is 12.8 Å². The monoisotopic (exact) mass is 706 g/mol. The van der Waals surface area contributed by atoms with Crippen molar-refractivity contribution in [3.05, 3.63) is 36.5 Å². The zero-order valence-electron chi connectivity index (χ0n) is 32.8. The first-order chi connectivity index (χ1) is 24.1. The number of aliphatic carboxylic acids is 1. The van der Waals surface area contributed by atoms with Crippen molar-refractivity contribution in [1.29, 1.82) is 0 Å². The molecule has 0 aliphatic rings. The quantitative estimate of drug-likeness (QED) is 0.0213. The van der Waals surface area contributed by atoms with Gasteiger partial charge in [0.1, 0.15) is 12.6 Å². The standard InChI is InChI=1S/C42H75NO7/c1-6-8-10-12-14-15-16-17-18-19-20-21-22-23-24-25-27-29-31-33-41(45)50-38(36-48-35-34-39(42(46)47)43(3,4)5)37-49-40(44)32-30-28-26-13-11-9-7-2/h14-17,26,28,38-39H,6-13,18-25,27,29-37H2,1-5H3/b15-14+,17-16+,28-26+. The zero-order chi connectivity index (χ0) is 37.1. The maximum Gasteiger partial charge on any atom is 0.306 e. The van der Waals surface area contributed by atoms with Crippen LogP contribution in [0.2, 0.25) is 0 Å². The number of carboxylic acid groups (broad SMARTS) is 1. The van der Waals surface area contributed by atoms with Gasteiger partial charge in [-0.2, -0.15) is 0 Å². The molecule has 0 rings (SSSR count). The molecule has 0 radical (unpaired) electrons. The maximum absolute atomic E-state index is 12.6. The molecule has 0 bridgehead atoms. The van der Waals surface area contributed by atoms with Gasteiger partial charge in [0.05, 0.1) is 40.3 Å². The van der Waals surface area contributed by atoms with Crippen LogP contribution < -0.4 is 5.11 Å². The number of likely N-dealkylation sites (N-methyl/N-ethyl adjacent to an activating group) is 1. The summed E-state index contributed by atoms with van der Waals surface area (Å²) >= 11 is 0. The lowest BCUT2D eigenvalue weighted by Crippen LogP contribution is -2.55. The average Bonchev–Trinajstić information content (AvgIpc) is 3.06. The second-order valence-electron chi connectivity index (χ2n) is 14.5. The van der Waals surface area contributed by atoms with Gasteiger partial charge in [0.15, 0.2) is 6.10 Å². The van der Waals surface area contributed by atoms with Gasteiger partial charge in [0, 0.05) is 19.3 Å². The fourth-order valence-electron chi connectivity index (χ4n) is 5.61. The third kappa shape index (κ3) is 31.5. The molecule has 0 N–H and O–H groups in total. The number of carbonyl (C=O) groups is 3. The molecule has 0 aliphatic carbocycles. The lowest BCUT2D eigenvalue weighted by Gasteiger charge is -2.34. The summed E-state index contributed by atoms with van der Waals surface area (Å²) in [5.41, 5.74) is 0. The lowest BCUT2D eigenvalue weighted by molar-refractivity contribution is -0.889. The summed E-state index contributed by atoms with van der Waals surface area (Å²) < 4.78 is 17.0. The molecule has 0 saturated carbocycles. The normalized spacial score (nSPS) is 13.4. The molecule has 50 heavy (non-hydrogen) atoms. The van der Waals surface area contributed by atoms with Crippen LogP contribution in [-0.4, -0.2) is 75.5 Å². The Bertz CT molecular complexity index is 922. The predicted octanol–water partition coefficient (Wildman–Crippen LogP) is 8.96. The Kier molecular flexibility index (Phi) is 32.0. The van der Waals surface area contributed by atoms with E-state index in [1.165, 1.54) is 89.9 Å². The summed E-state index contributed by atoms with van der Waals surface area (Å²) in [6.07, 6.45) is 36.2. The van der Waals surface area contributed by atoms with Crippen LogP contribution in [0.3, 0.4) is 0 Å². The van der Waals surface area contributed by atoms with E-state index in [1.54, 1.807) is 21.1 Å². The highest BCUT2D eigenvalue weighted by Crippen LogP contribution is 2.14. The summed E-state index contributed by atoms with van der Waals surface area (Å²) in [7, 11) is 5.38. The van der Waals surface area contributed by atoms with Gasteiger partial charge >= 0.3 is 11.9 Å². The first kappa shape index (κ1) is 47.5. The van der Waals surface area contributed by atoms with Gasteiger partial charge in [-0.05, 0) is 51.4 Å². The molecule has 2 atom stereocenters. The summed E-state index contributed by atoms with van der Waals surface area (Å²) in [5, 5.41) is 11.6. The summed E-state index contributed by atoms with van der Waals surface area (Å²) in [4.78, 5) is 36.5. The van der Waals surface area contributed by atoms with E-state index in [1.807, 2.05) is 6.08 Å². The van der Waals surface area contributed by atoms with Crippen LogP contribution in [0, 0.1) is 0 Å². The van der Waals surface area contributed by atoms with Gasteiger partial charge in [0.2, 0.25) is 0 Å². The highest BCUT2D eigenvalue weighted by molar-refractivity contribution is 5.70. The third-order valence-electron chi connectivity index (χ3n) is 8.79. The summed E-state index contributed by atoms with van der Waals surface area (Å²) in [6, 6.07) is -0.728. The van der Waals surface area contributed by atoms with Crippen molar-refractivity contribution in [3.63, 3.8) is 0 Å². The van der Waals surface area contributed by atoms with Gasteiger partial charge in [-0.3, -0.25) is 9.59 Å². The van der Waals surface area contributed by atoms with Crippen LogP contribution in [0.5, 0.6) is 0 Å². The number of carboxylic acids is 1. The molecule has 0 amide bonds. The van der Waals surface area contributed by atoms with Crippen molar-refractivity contribution >= 4 is 17.9 Å². The lowest BCUT2D eigenvalue weighted by atomic mass is 10.1. The number of rotatable bonds is 35. The molecule has 0 aromatic carbocycles.